The van der Waals surface area contributed by atoms with Gasteiger partial charge in [0.05, 0.1) is 29.3 Å². The number of halogens is 2. The fraction of sp³-hybridized carbons (Fsp3) is 0.276. The van der Waals surface area contributed by atoms with Crippen LogP contribution >= 0.6 is 23.2 Å². The third kappa shape index (κ3) is 6.39. The van der Waals surface area contributed by atoms with E-state index >= 15 is 0 Å². The van der Waals surface area contributed by atoms with Crippen LogP contribution in [-0.4, -0.2) is 62.8 Å². The summed E-state index contributed by atoms with van der Waals surface area (Å²) < 4.78 is 41.0. The first-order valence-corrected chi connectivity index (χ1v) is 15.5. The van der Waals surface area contributed by atoms with Crippen LogP contribution in [0.25, 0.3) is 16.7 Å². The number of ether oxygens (including phenoxy) is 2. The predicted molar refractivity (Wildman–Crippen MR) is 161 cm³/mol. The molecule has 2 aromatic heterocycles. The van der Waals surface area contributed by atoms with Crippen molar-refractivity contribution in [2.45, 2.75) is 24.7 Å². The number of rotatable bonds is 10. The van der Waals surface area contributed by atoms with Gasteiger partial charge < -0.3 is 18.9 Å². The molecule has 0 N–H and O–H groups in total. The van der Waals surface area contributed by atoms with Gasteiger partial charge in [0.15, 0.2) is 0 Å². The molecule has 1 aliphatic heterocycles. The summed E-state index contributed by atoms with van der Waals surface area (Å²) in [6.07, 6.45) is 4.92. The van der Waals surface area contributed by atoms with Gasteiger partial charge in [-0.1, -0.05) is 36.5 Å². The van der Waals surface area contributed by atoms with E-state index < -0.39 is 22.5 Å². The Balaban J connectivity index is 1.51. The Morgan fingerprint density at radius 1 is 1.10 bits per heavy atom. The number of hydrogen-bond acceptors (Lipinski definition) is 7. The van der Waals surface area contributed by atoms with Crippen LogP contribution in [-0.2, 0) is 29.1 Å². The van der Waals surface area contributed by atoms with E-state index in [1.54, 1.807) is 41.6 Å². The monoisotopic (exact) mass is 630 g/mol. The summed E-state index contributed by atoms with van der Waals surface area (Å²) in [7, 11) is -4.27. The number of pyridine rings is 1. The Labute approximate surface area is 253 Å². The molecule has 1 fully saturated rings. The molecule has 1 aliphatic rings. The number of benzene rings is 2. The zero-order valence-electron chi connectivity index (χ0n) is 22.7. The van der Waals surface area contributed by atoms with Crippen LogP contribution < -0.4 is 9.21 Å². The summed E-state index contributed by atoms with van der Waals surface area (Å²) in [4.78, 5) is 31.1. The third-order valence-corrected chi connectivity index (χ3v) is 8.88. The van der Waals surface area contributed by atoms with Crippen LogP contribution in [0.5, 0.6) is 0 Å². The molecule has 42 heavy (non-hydrogen) atoms. The maximum absolute atomic E-state index is 13.8. The smallest absolute Gasteiger partial charge is 0.326 e. The van der Waals surface area contributed by atoms with Crippen molar-refractivity contribution in [1.82, 2.24) is 9.55 Å². The van der Waals surface area contributed by atoms with E-state index in [-0.39, 0.29) is 39.7 Å². The molecule has 0 unspecified atom stereocenters. The summed E-state index contributed by atoms with van der Waals surface area (Å²) in [6.45, 7) is 2.53. The lowest BCUT2D eigenvalue weighted by molar-refractivity contribution is -0.141. The zero-order valence-corrected chi connectivity index (χ0v) is 25.0. The largest absolute Gasteiger partial charge is 0.464 e. The van der Waals surface area contributed by atoms with Gasteiger partial charge in [0.2, 0.25) is 0 Å². The summed E-state index contributed by atoms with van der Waals surface area (Å²) in [5.41, 5.74) is 1.69. The second-order valence-corrected chi connectivity index (χ2v) is 12.3. The molecular weight excluding hydrogens is 603 g/mol. The van der Waals surface area contributed by atoms with Crippen molar-refractivity contribution in [1.29, 1.82) is 0 Å². The zero-order chi connectivity index (χ0) is 29.9. The number of hydrogen-bond donors (Lipinski definition) is 0. The number of morpholine rings is 1. The van der Waals surface area contributed by atoms with Crippen molar-refractivity contribution in [3.63, 3.8) is 0 Å². The maximum Gasteiger partial charge on any atom is 0.326 e. The molecule has 2 aromatic carbocycles. The Bertz CT molecular complexity index is 1720. The van der Waals surface area contributed by atoms with Gasteiger partial charge in [0, 0.05) is 46.1 Å². The fourth-order valence-electron chi connectivity index (χ4n) is 4.60. The number of fused-ring (bicyclic) bond motifs is 1. The normalized spacial score (nSPS) is 13.9. The summed E-state index contributed by atoms with van der Waals surface area (Å²) in [5, 5.41) is 0.992. The van der Waals surface area contributed by atoms with Crippen molar-refractivity contribution in [3.05, 3.63) is 77.0 Å². The van der Waals surface area contributed by atoms with Crippen LogP contribution in [0.4, 0.5) is 11.4 Å². The van der Waals surface area contributed by atoms with Crippen molar-refractivity contribution < 1.29 is 27.5 Å². The highest BCUT2D eigenvalue weighted by Crippen LogP contribution is 2.31. The lowest BCUT2D eigenvalue weighted by atomic mass is 10.2. The van der Waals surface area contributed by atoms with E-state index in [0.717, 1.165) is 16.2 Å². The number of carbonyl (C=O) groups excluding carboxylic acids is 2. The molecule has 13 heteroatoms. The minimum Gasteiger partial charge on any atom is -0.464 e. The molecular formula is C29H28Cl2N4O6S. The molecule has 1 saturated heterocycles. The number of unbranched alkanes of at least 4 members (excludes halogenated alkanes) is 1. The molecule has 220 valence electrons. The van der Waals surface area contributed by atoms with Crippen LogP contribution in [0.15, 0.2) is 71.9 Å². The van der Waals surface area contributed by atoms with Gasteiger partial charge in [0.1, 0.15) is 19.0 Å². The van der Waals surface area contributed by atoms with Gasteiger partial charge in [-0.2, -0.15) is 0 Å². The molecule has 0 spiro atoms. The molecule has 3 heterocycles. The van der Waals surface area contributed by atoms with E-state index in [2.05, 4.69) is 4.98 Å². The van der Waals surface area contributed by atoms with Gasteiger partial charge in [-0.25, -0.2) is 13.4 Å². The Morgan fingerprint density at radius 2 is 1.88 bits per heavy atom. The van der Waals surface area contributed by atoms with Crippen LogP contribution in [0.2, 0.25) is 10.0 Å². The van der Waals surface area contributed by atoms with Crippen molar-refractivity contribution in [3.8, 4) is 5.82 Å². The molecule has 0 aliphatic carbocycles. The second kappa shape index (κ2) is 12.7. The number of anilines is 2. The number of amides is 1. The average molecular weight is 632 g/mol. The van der Waals surface area contributed by atoms with Gasteiger partial charge in [-0.3, -0.25) is 13.9 Å². The quantitative estimate of drug-likeness (QED) is 0.174. The van der Waals surface area contributed by atoms with Gasteiger partial charge in [-0.05, 0) is 55.0 Å². The highest BCUT2D eigenvalue weighted by Gasteiger charge is 2.29. The molecule has 4 aromatic rings. The first-order valence-electron chi connectivity index (χ1n) is 13.3. The molecule has 0 bridgehead atoms. The van der Waals surface area contributed by atoms with Crippen molar-refractivity contribution >= 4 is 67.4 Å². The van der Waals surface area contributed by atoms with E-state index in [4.69, 9.17) is 32.7 Å². The summed E-state index contributed by atoms with van der Waals surface area (Å²) in [6, 6.07) is 14.4. The van der Waals surface area contributed by atoms with Crippen LogP contribution in [0.1, 0.15) is 19.8 Å². The molecule has 0 radical (unpaired) electrons. The Morgan fingerprint density at radius 3 is 2.62 bits per heavy atom. The number of sulfonamides is 1. The molecule has 1 amide bonds. The lowest BCUT2D eigenvalue weighted by Crippen LogP contribution is -2.41. The van der Waals surface area contributed by atoms with E-state index in [1.165, 1.54) is 18.2 Å². The van der Waals surface area contributed by atoms with Crippen LogP contribution in [0, 0.1) is 0 Å². The molecule has 10 nitrogen and oxygen atoms in total. The number of nitrogens with zero attached hydrogens (tertiary/aromatic N) is 4. The topological polar surface area (TPSA) is 111 Å². The van der Waals surface area contributed by atoms with Crippen molar-refractivity contribution in [2.24, 2.45) is 0 Å². The van der Waals surface area contributed by atoms with Gasteiger partial charge in [-0.15, -0.1) is 0 Å². The predicted octanol–water partition coefficient (Wildman–Crippen LogP) is 5.23. The third-order valence-electron chi connectivity index (χ3n) is 6.69. The SMILES string of the molecule is CCCCOC(=O)CN(c1ccc2c(ccn2-c2cc(N3CCOCC3=O)ccn2)c1)S(=O)(=O)c1cc(Cl)cc(Cl)c1. The van der Waals surface area contributed by atoms with Gasteiger partial charge >= 0.3 is 5.97 Å². The minimum atomic E-state index is -4.27. The van der Waals surface area contributed by atoms with Gasteiger partial charge in [0.25, 0.3) is 15.9 Å². The standard InChI is InChI=1S/C29H28Cl2N4O6S/c1-2-3-11-41-29(37)18-35(42(38,39)25-15-21(30)14-22(31)16-25)24-4-5-26-20(13-24)7-9-34(26)27-17-23(6-8-32-27)33-10-12-40-19-28(33)36/h4-9,13-17H,2-3,10-12,18-19H2,1H3. The first kappa shape index (κ1) is 29.8. The highest BCUT2D eigenvalue weighted by atomic mass is 35.5. The summed E-state index contributed by atoms with van der Waals surface area (Å²) >= 11 is 12.2. The number of esters is 1. The fourth-order valence-corrected chi connectivity index (χ4v) is 6.72. The molecule has 5 rings (SSSR count). The Hall–Kier alpha value is -3.64. The first-order chi connectivity index (χ1) is 20.2. The minimum absolute atomic E-state index is 0.0276. The van der Waals surface area contributed by atoms with E-state index in [9.17, 15) is 18.0 Å². The number of carbonyl (C=O) groups is 2. The van der Waals surface area contributed by atoms with Crippen LogP contribution in [0.3, 0.4) is 0 Å². The van der Waals surface area contributed by atoms with E-state index in [0.29, 0.717) is 36.5 Å². The maximum atomic E-state index is 13.8. The second-order valence-electron chi connectivity index (χ2n) is 9.59. The van der Waals surface area contributed by atoms with E-state index in [1.807, 2.05) is 23.6 Å². The summed E-state index contributed by atoms with van der Waals surface area (Å²) in [5.74, 6) is -0.237. The average Bonchev–Trinajstić information content (AvgIpc) is 3.39. The number of aromatic nitrogens is 2. The Kier molecular flexibility index (Phi) is 9.02. The lowest BCUT2D eigenvalue weighted by Gasteiger charge is -2.27. The highest BCUT2D eigenvalue weighted by molar-refractivity contribution is 7.92. The van der Waals surface area contributed by atoms with Crippen molar-refractivity contribution in [2.75, 3.05) is 42.1 Å². The molecule has 0 atom stereocenters. The molecule has 0 saturated carbocycles.